The molecule has 14 heteroatoms. The summed E-state index contributed by atoms with van der Waals surface area (Å²) in [6.45, 7) is 7.61. The smallest absolute Gasteiger partial charge is 0.348 e. The van der Waals surface area contributed by atoms with Gasteiger partial charge in [-0.25, -0.2) is 8.42 Å². The third kappa shape index (κ3) is 4.86. The standard InChI is InChI=1S/C22H29N6O6PS/c1-6-34-35(31)16-9-14(27-36(5,32)33)7-8-15(16)25-20(26-35)17-18(29)19(22(2,3)4)28(21(17)30)12-13-10-23-24-11-13/h7-11,27,29-30H,6,12H2,1-5H3,(H,23,24)(H,25,26,31). The van der Waals surface area contributed by atoms with Crippen LogP contribution in [0.15, 0.2) is 35.4 Å². The van der Waals surface area contributed by atoms with Crippen LogP contribution in [0.5, 0.6) is 11.6 Å². The van der Waals surface area contributed by atoms with E-state index in [4.69, 9.17) is 4.52 Å². The van der Waals surface area contributed by atoms with Crippen LogP contribution in [-0.4, -0.2) is 52.1 Å². The van der Waals surface area contributed by atoms with Crippen LogP contribution in [0.2, 0.25) is 0 Å². The Morgan fingerprint density at radius 1 is 1.25 bits per heavy atom. The number of amidine groups is 1. The molecule has 1 aliphatic rings. The first-order valence-corrected chi connectivity index (χ1v) is 14.6. The van der Waals surface area contributed by atoms with Crippen LogP contribution in [0.1, 0.15) is 44.5 Å². The van der Waals surface area contributed by atoms with Gasteiger partial charge in [0.2, 0.25) is 15.9 Å². The van der Waals surface area contributed by atoms with Crippen LogP contribution in [0.25, 0.3) is 0 Å². The van der Waals surface area contributed by atoms with E-state index in [1.54, 1.807) is 23.9 Å². The fourth-order valence-electron chi connectivity index (χ4n) is 4.14. The summed E-state index contributed by atoms with van der Waals surface area (Å²) in [6, 6.07) is 4.42. The zero-order chi connectivity index (χ0) is 26.5. The van der Waals surface area contributed by atoms with Crippen molar-refractivity contribution in [2.45, 2.75) is 39.7 Å². The molecule has 0 bridgehead atoms. The number of H-pyrrole nitrogens is 1. The van der Waals surface area contributed by atoms with Gasteiger partial charge in [-0.05, 0) is 25.1 Å². The highest BCUT2D eigenvalue weighted by Gasteiger charge is 2.38. The maximum atomic E-state index is 13.9. The SMILES string of the molecule is CCOP1(=O)N=C(c2c(O)c(C(C)(C)C)n(Cc3cn[nH]c3)c2O)Nc2ccc(NS(C)(=O)=O)cc21. The molecule has 5 N–H and O–H groups in total. The van der Waals surface area contributed by atoms with Gasteiger partial charge in [-0.2, -0.15) is 9.86 Å². The number of aromatic hydroxyl groups is 2. The van der Waals surface area contributed by atoms with Gasteiger partial charge in [0.1, 0.15) is 5.56 Å². The number of nitrogens with one attached hydrogen (secondary N) is 3. The lowest BCUT2D eigenvalue weighted by atomic mass is 9.91. The van der Waals surface area contributed by atoms with E-state index in [-0.39, 0.29) is 47.2 Å². The summed E-state index contributed by atoms with van der Waals surface area (Å²) < 4.78 is 51.1. The largest absolute Gasteiger partial charge is 0.505 e. The molecule has 2 aromatic heterocycles. The summed E-state index contributed by atoms with van der Waals surface area (Å²) in [7, 11) is -7.48. The molecule has 0 radical (unpaired) electrons. The van der Waals surface area contributed by atoms with Crippen LogP contribution in [0.3, 0.4) is 0 Å². The molecule has 0 saturated carbocycles. The second-order valence-corrected chi connectivity index (χ2v) is 13.2. The Hall–Kier alpha value is -3.28. The maximum absolute atomic E-state index is 13.9. The molecule has 1 aliphatic heterocycles. The lowest BCUT2D eigenvalue weighted by molar-refractivity contribution is 0.341. The molecule has 0 aliphatic carbocycles. The normalized spacial score (nSPS) is 17.9. The van der Waals surface area contributed by atoms with Crippen LogP contribution < -0.4 is 15.3 Å². The van der Waals surface area contributed by atoms with Gasteiger partial charge < -0.3 is 24.6 Å². The van der Waals surface area contributed by atoms with E-state index in [1.165, 1.54) is 18.2 Å². The summed E-state index contributed by atoms with van der Waals surface area (Å²) >= 11 is 0. The highest BCUT2D eigenvalue weighted by molar-refractivity contribution is 7.92. The van der Waals surface area contributed by atoms with Crippen molar-refractivity contribution in [3.8, 4) is 11.6 Å². The quantitative estimate of drug-likeness (QED) is 0.287. The van der Waals surface area contributed by atoms with Crippen molar-refractivity contribution in [1.29, 1.82) is 0 Å². The number of aromatic amines is 1. The first kappa shape index (κ1) is 25.8. The van der Waals surface area contributed by atoms with Crippen molar-refractivity contribution in [2.24, 2.45) is 4.76 Å². The van der Waals surface area contributed by atoms with Crippen molar-refractivity contribution in [2.75, 3.05) is 22.9 Å². The number of aromatic nitrogens is 3. The van der Waals surface area contributed by atoms with Gasteiger partial charge in [0.05, 0.1) is 42.3 Å². The molecule has 3 heterocycles. The molecule has 194 valence electrons. The number of anilines is 2. The first-order valence-electron chi connectivity index (χ1n) is 11.1. The summed E-state index contributed by atoms with van der Waals surface area (Å²) in [5.74, 6) is -0.516. The van der Waals surface area contributed by atoms with Crippen molar-refractivity contribution < 1.29 is 27.7 Å². The average molecular weight is 537 g/mol. The number of nitrogens with zero attached hydrogens (tertiary/aromatic N) is 3. The Morgan fingerprint density at radius 3 is 2.56 bits per heavy atom. The van der Waals surface area contributed by atoms with Crippen LogP contribution in [0, 0.1) is 0 Å². The van der Waals surface area contributed by atoms with Crippen molar-refractivity contribution in [3.05, 3.63) is 47.4 Å². The fourth-order valence-corrected chi connectivity index (χ4v) is 6.50. The molecule has 4 rings (SSSR count). The second-order valence-electron chi connectivity index (χ2n) is 9.46. The summed E-state index contributed by atoms with van der Waals surface area (Å²) in [4.78, 5) is 0. The van der Waals surface area contributed by atoms with Gasteiger partial charge >= 0.3 is 7.52 Å². The van der Waals surface area contributed by atoms with Gasteiger partial charge in [0.25, 0.3) is 0 Å². The minimum Gasteiger partial charge on any atom is -0.505 e. The Morgan fingerprint density at radius 2 is 1.97 bits per heavy atom. The van der Waals surface area contributed by atoms with E-state index < -0.39 is 23.0 Å². The van der Waals surface area contributed by atoms with Crippen LogP contribution in [-0.2, 0) is 31.1 Å². The summed E-state index contributed by atoms with van der Waals surface area (Å²) in [5, 5.41) is 32.4. The Bertz CT molecular complexity index is 1490. The van der Waals surface area contributed by atoms with Crippen molar-refractivity contribution >= 4 is 40.1 Å². The van der Waals surface area contributed by atoms with E-state index in [0.717, 1.165) is 11.8 Å². The average Bonchev–Trinajstić information content (AvgIpc) is 3.33. The zero-order valence-electron chi connectivity index (χ0n) is 20.5. The van der Waals surface area contributed by atoms with E-state index in [1.807, 2.05) is 20.8 Å². The lowest BCUT2D eigenvalue weighted by Gasteiger charge is -2.25. The molecule has 1 aromatic carbocycles. The van der Waals surface area contributed by atoms with Crippen LogP contribution in [0.4, 0.5) is 11.4 Å². The molecule has 3 aromatic rings. The Kier molecular flexibility index (Phi) is 6.44. The summed E-state index contributed by atoms with van der Waals surface area (Å²) in [5.41, 5.74) is 1.16. The van der Waals surface area contributed by atoms with Crippen molar-refractivity contribution in [1.82, 2.24) is 14.8 Å². The van der Waals surface area contributed by atoms with Gasteiger partial charge in [0.15, 0.2) is 11.6 Å². The molecule has 0 spiro atoms. The number of hydrogen-bond donors (Lipinski definition) is 5. The van der Waals surface area contributed by atoms with Gasteiger partial charge in [0, 0.05) is 22.9 Å². The summed E-state index contributed by atoms with van der Waals surface area (Å²) in [6.07, 6.45) is 4.30. The molecular formula is C22H29N6O6PS. The van der Waals surface area contributed by atoms with E-state index >= 15 is 0 Å². The fraction of sp³-hybridized carbons (Fsp3) is 0.364. The van der Waals surface area contributed by atoms with Crippen molar-refractivity contribution in [3.63, 3.8) is 0 Å². The molecule has 12 nitrogen and oxygen atoms in total. The molecule has 0 amide bonds. The Labute approximate surface area is 209 Å². The van der Waals surface area contributed by atoms with E-state index in [0.29, 0.717) is 11.4 Å². The third-order valence-corrected chi connectivity index (χ3v) is 8.10. The predicted octanol–water partition coefficient (Wildman–Crippen LogP) is 3.07. The lowest BCUT2D eigenvalue weighted by Crippen LogP contribution is -2.26. The second kappa shape index (κ2) is 8.99. The van der Waals surface area contributed by atoms with E-state index in [9.17, 15) is 23.2 Å². The topological polar surface area (TPSA) is 171 Å². The number of hydrogen-bond acceptors (Lipinski definition) is 8. The number of sulfonamides is 1. The molecule has 1 atom stereocenters. The number of benzene rings is 1. The van der Waals surface area contributed by atoms with Gasteiger partial charge in [-0.15, -0.1) is 0 Å². The number of rotatable bonds is 7. The molecule has 0 saturated heterocycles. The van der Waals surface area contributed by atoms with Gasteiger partial charge in [-0.3, -0.25) is 14.4 Å². The monoisotopic (exact) mass is 536 g/mol. The van der Waals surface area contributed by atoms with Gasteiger partial charge in [-0.1, -0.05) is 20.8 Å². The van der Waals surface area contributed by atoms with E-state index in [2.05, 4.69) is 25.0 Å². The highest BCUT2D eigenvalue weighted by atomic mass is 32.2. The van der Waals surface area contributed by atoms with Crippen LogP contribution >= 0.6 is 7.52 Å². The molecule has 36 heavy (non-hydrogen) atoms. The Balaban J connectivity index is 1.88. The predicted molar refractivity (Wildman–Crippen MR) is 138 cm³/mol. The minimum absolute atomic E-state index is 0.0210. The molecular weight excluding hydrogens is 507 g/mol. The third-order valence-electron chi connectivity index (χ3n) is 5.45. The molecule has 1 unspecified atom stereocenters. The zero-order valence-corrected chi connectivity index (χ0v) is 22.2. The maximum Gasteiger partial charge on any atom is 0.348 e. The minimum atomic E-state index is -3.92. The highest BCUT2D eigenvalue weighted by Crippen LogP contribution is 2.54. The number of fused-ring (bicyclic) bond motifs is 1. The molecule has 0 fully saturated rings. The first-order chi connectivity index (χ1) is 16.7.